The molecule has 1 heterocycles. The second kappa shape index (κ2) is 13.1. The van der Waals surface area contributed by atoms with Gasteiger partial charge in [-0.2, -0.15) is 4.98 Å². The zero-order chi connectivity index (χ0) is 24.5. The fourth-order valence-electron chi connectivity index (χ4n) is 2.88. The SMILES string of the molecule is C=CC(=O)c1cccc(Nc2nc(Nc3ccc(OCCCC(=O)NO)cc3)ncc2Cl)c1N.Cl. The van der Waals surface area contributed by atoms with Crippen molar-refractivity contribution >= 4 is 64.5 Å². The molecule has 3 rings (SSSR count). The van der Waals surface area contributed by atoms with Crippen LogP contribution >= 0.6 is 24.0 Å². The second-order valence-corrected chi connectivity index (χ2v) is 7.39. The number of anilines is 5. The molecule has 0 aliphatic rings. The van der Waals surface area contributed by atoms with Crippen LogP contribution in [-0.4, -0.2) is 33.5 Å². The number of allylic oxidation sites excluding steroid dienone is 1. The molecular formula is C23H24Cl2N6O4. The molecule has 2 aromatic carbocycles. The van der Waals surface area contributed by atoms with E-state index in [1.807, 2.05) is 0 Å². The third-order valence-electron chi connectivity index (χ3n) is 4.61. The third kappa shape index (κ3) is 7.57. The predicted octanol–water partition coefficient (Wildman–Crippen LogP) is 4.65. The van der Waals surface area contributed by atoms with Gasteiger partial charge in [0, 0.05) is 17.7 Å². The number of rotatable bonds is 11. The van der Waals surface area contributed by atoms with Crippen LogP contribution < -0.4 is 26.6 Å². The molecular weight excluding hydrogens is 495 g/mol. The number of hydrogen-bond donors (Lipinski definition) is 5. The number of benzene rings is 2. The average molecular weight is 519 g/mol. The van der Waals surface area contributed by atoms with Crippen LogP contribution in [0.2, 0.25) is 5.02 Å². The van der Waals surface area contributed by atoms with Gasteiger partial charge in [-0.1, -0.05) is 24.2 Å². The predicted molar refractivity (Wildman–Crippen MR) is 137 cm³/mol. The number of halogens is 2. The minimum absolute atomic E-state index is 0. The summed E-state index contributed by atoms with van der Waals surface area (Å²) in [5.74, 6) is 0.466. The number of hydrogen-bond acceptors (Lipinski definition) is 9. The molecule has 6 N–H and O–H groups in total. The van der Waals surface area contributed by atoms with Gasteiger partial charge in [0.2, 0.25) is 11.9 Å². The van der Waals surface area contributed by atoms with Gasteiger partial charge in [0.05, 0.1) is 24.2 Å². The largest absolute Gasteiger partial charge is 0.494 e. The van der Waals surface area contributed by atoms with Crippen LogP contribution in [0.4, 0.5) is 28.8 Å². The van der Waals surface area contributed by atoms with E-state index in [0.717, 1.165) is 0 Å². The molecule has 1 amide bonds. The van der Waals surface area contributed by atoms with Gasteiger partial charge in [-0.3, -0.25) is 14.8 Å². The lowest BCUT2D eigenvalue weighted by Gasteiger charge is -2.13. The topological polar surface area (TPSA) is 151 Å². The molecule has 3 aromatic rings. The summed E-state index contributed by atoms with van der Waals surface area (Å²) in [7, 11) is 0. The van der Waals surface area contributed by atoms with Gasteiger partial charge >= 0.3 is 0 Å². The van der Waals surface area contributed by atoms with Crippen LogP contribution in [0.5, 0.6) is 5.75 Å². The van der Waals surface area contributed by atoms with Crippen LogP contribution in [0.25, 0.3) is 0 Å². The first-order valence-electron chi connectivity index (χ1n) is 10.2. The highest BCUT2D eigenvalue weighted by molar-refractivity contribution is 6.33. The van der Waals surface area contributed by atoms with Crippen LogP contribution in [0.1, 0.15) is 23.2 Å². The maximum absolute atomic E-state index is 12.0. The van der Waals surface area contributed by atoms with E-state index < -0.39 is 5.91 Å². The van der Waals surface area contributed by atoms with E-state index in [9.17, 15) is 9.59 Å². The Bertz CT molecular complexity index is 1190. The number of ether oxygens (including phenoxy) is 1. The van der Waals surface area contributed by atoms with E-state index in [0.29, 0.717) is 41.5 Å². The number of carbonyl (C=O) groups is 2. The monoisotopic (exact) mass is 518 g/mol. The molecule has 35 heavy (non-hydrogen) atoms. The molecule has 0 spiro atoms. The molecule has 0 bridgehead atoms. The summed E-state index contributed by atoms with van der Waals surface area (Å²) in [5, 5.41) is 14.8. The third-order valence-corrected chi connectivity index (χ3v) is 4.88. The lowest BCUT2D eigenvalue weighted by atomic mass is 10.1. The lowest BCUT2D eigenvalue weighted by molar-refractivity contribution is -0.129. The van der Waals surface area contributed by atoms with E-state index in [1.54, 1.807) is 47.9 Å². The van der Waals surface area contributed by atoms with Gasteiger partial charge in [0.1, 0.15) is 10.8 Å². The minimum Gasteiger partial charge on any atom is -0.494 e. The van der Waals surface area contributed by atoms with Gasteiger partial charge < -0.3 is 21.1 Å². The first-order valence-corrected chi connectivity index (χ1v) is 10.6. The lowest BCUT2D eigenvalue weighted by Crippen LogP contribution is -2.18. The molecule has 184 valence electrons. The molecule has 0 radical (unpaired) electrons. The molecule has 0 aliphatic carbocycles. The fourth-order valence-corrected chi connectivity index (χ4v) is 3.02. The molecule has 12 heteroatoms. The van der Waals surface area contributed by atoms with Crippen molar-refractivity contribution in [2.45, 2.75) is 12.8 Å². The zero-order valence-corrected chi connectivity index (χ0v) is 20.0. The molecule has 0 fully saturated rings. The van der Waals surface area contributed by atoms with Gasteiger partial charge in [-0.15, -0.1) is 12.4 Å². The number of nitrogens with zero attached hydrogens (tertiary/aromatic N) is 2. The Labute approximate surface area is 212 Å². The van der Waals surface area contributed by atoms with E-state index >= 15 is 0 Å². The van der Waals surface area contributed by atoms with E-state index in [2.05, 4.69) is 27.2 Å². The summed E-state index contributed by atoms with van der Waals surface area (Å²) in [4.78, 5) is 31.5. The van der Waals surface area contributed by atoms with Crippen LogP contribution in [0.3, 0.4) is 0 Å². The Morgan fingerprint density at radius 1 is 1.17 bits per heavy atom. The zero-order valence-electron chi connectivity index (χ0n) is 18.5. The molecule has 0 saturated carbocycles. The van der Waals surface area contributed by atoms with Crippen molar-refractivity contribution in [2.24, 2.45) is 0 Å². The first kappa shape index (κ1) is 27.4. The highest BCUT2D eigenvalue weighted by Gasteiger charge is 2.13. The summed E-state index contributed by atoms with van der Waals surface area (Å²) in [5.41, 5.74) is 9.45. The Morgan fingerprint density at radius 2 is 1.91 bits per heavy atom. The molecule has 0 unspecified atom stereocenters. The highest BCUT2D eigenvalue weighted by atomic mass is 35.5. The van der Waals surface area contributed by atoms with Crippen molar-refractivity contribution in [3.63, 3.8) is 0 Å². The number of carbonyl (C=O) groups excluding carboxylic acids is 2. The number of para-hydroxylation sites is 1. The quantitative estimate of drug-likeness (QED) is 0.0609. The van der Waals surface area contributed by atoms with E-state index in [-0.39, 0.29) is 41.3 Å². The molecule has 10 nitrogen and oxygen atoms in total. The Hall–Kier alpha value is -3.86. The summed E-state index contributed by atoms with van der Waals surface area (Å²) >= 11 is 6.25. The Balaban J connectivity index is 0.00000432. The maximum Gasteiger partial charge on any atom is 0.243 e. The number of ketones is 1. The highest BCUT2D eigenvalue weighted by Crippen LogP contribution is 2.30. The van der Waals surface area contributed by atoms with E-state index in [1.165, 1.54) is 12.3 Å². The standard InChI is InChI=1S/C23H23ClN6O4.ClH/c1-2-19(31)16-5-3-6-18(21(16)25)28-22-17(24)13-26-23(29-22)27-14-8-10-15(11-9-14)34-12-4-7-20(32)30-33;/h2-3,5-6,8-11,13,33H,1,4,7,12,25H2,(H,30,32)(H2,26,27,28,29);1H. The van der Waals surface area contributed by atoms with E-state index in [4.69, 9.17) is 27.3 Å². The van der Waals surface area contributed by atoms with Gasteiger partial charge in [0.25, 0.3) is 0 Å². The molecule has 1 aromatic heterocycles. The number of nitrogens with two attached hydrogens (primary N) is 1. The van der Waals surface area contributed by atoms with Crippen molar-refractivity contribution in [3.05, 3.63) is 71.9 Å². The number of amides is 1. The number of aromatic nitrogens is 2. The molecule has 0 aliphatic heterocycles. The number of hydroxylamine groups is 1. The number of nitrogen functional groups attached to an aromatic ring is 1. The fraction of sp³-hybridized carbons (Fsp3) is 0.130. The second-order valence-electron chi connectivity index (χ2n) is 6.99. The van der Waals surface area contributed by atoms with Crippen molar-refractivity contribution in [1.82, 2.24) is 15.4 Å². The maximum atomic E-state index is 12.0. The van der Waals surface area contributed by atoms with Crippen LogP contribution in [-0.2, 0) is 4.79 Å². The van der Waals surface area contributed by atoms with Crippen LogP contribution in [0.15, 0.2) is 61.3 Å². The smallest absolute Gasteiger partial charge is 0.243 e. The normalized spacial score (nSPS) is 10.0. The average Bonchev–Trinajstić information content (AvgIpc) is 2.85. The van der Waals surface area contributed by atoms with Crippen molar-refractivity contribution < 1.29 is 19.5 Å². The van der Waals surface area contributed by atoms with Gasteiger partial charge in [0.15, 0.2) is 11.6 Å². The minimum atomic E-state index is -0.458. The van der Waals surface area contributed by atoms with Crippen molar-refractivity contribution in [2.75, 3.05) is 23.0 Å². The number of nitrogens with one attached hydrogen (secondary N) is 3. The first-order chi connectivity index (χ1) is 16.4. The van der Waals surface area contributed by atoms with Crippen molar-refractivity contribution in [1.29, 1.82) is 0 Å². The van der Waals surface area contributed by atoms with Gasteiger partial charge in [-0.25, -0.2) is 10.5 Å². The molecule has 0 atom stereocenters. The summed E-state index contributed by atoms with van der Waals surface area (Å²) < 4.78 is 5.56. The summed E-state index contributed by atoms with van der Waals surface area (Å²) in [6.45, 7) is 3.82. The Morgan fingerprint density at radius 3 is 2.60 bits per heavy atom. The summed E-state index contributed by atoms with van der Waals surface area (Å²) in [6.07, 6.45) is 3.27. The van der Waals surface area contributed by atoms with Gasteiger partial charge in [-0.05, 0) is 48.9 Å². The molecule has 0 saturated heterocycles. The summed E-state index contributed by atoms with van der Waals surface area (Å²) in [6, 6.07) is 12.1. The van der Waals surface area contributed by atoms with Crippen molar-refractivity contribution in [3.8, 4) is 5.75 Å². The van der Waals surface area contributed by atoms with Crippen LogP contribution in [0, 0.1) is 0 Å². The Kier molecular flexibility index (Phi) is 10.3.